The summed E-state index contributed by atoms with van der Waals surface area (Å²) in [4.78, 5) is 0.0409. The van der Waals surface area contributed by atoms with E-state index in [1.54, 1.807) is 6.07 Å². The fraction of sp³-hybridized carbons (Fsp3) is 0.0714. The number of halogens is 3. The minimum atomic E-state index is -3.84. The van der Waals surface area contributed by atoms with Crippen molar-refractivity contribution in [2.24, 2.45) is 0 Å². The van der Waals surface area contributed by atoms with Gasteiger partial charge in [-0.25, -0.2) is 8.42 Å². The molecule has 0 bridgehead atoms. The normalized spacial score (nSPS) is 14.2. The van der Waals surface area contributed by atoms with Gasteiger partial charge in [-0.3, -0.25) is 4.72 Å². The van der Waals surface area contributed by atoms with E-state index in [9.17, 15) is 8.42 Å². The zero-order valence-corrected chi connectivity index (χ0v) is 21.5. The number of hydrogen-bond acceptors (Lipinski definition) is 2. The summed E-state index contributed by atoms with van der Waals surface area (Å²) in [6, 6.07) is 25.9. The van der Waals surface area contributed by atoms with Crippen molar-refractivity contribution in [3.05, 3.63) is 128 Å². The Morgan fingerprint density at radius 3 is 2.31 bits per heavy atom. The SMILES string of the molecule is O=S(=O)(Nc1cccc(C=C2c3ccccc3CCc3cc(Cl)ccc32)c1)c1ccc(Cl)c(Cl)c1. The summed E-state index contributed by atoms with van der Waals surface area (Å²) in [5, 5.41) is 1.19. The van der Waals surface area contributed by atoms with Gasteiger partial charge in [-0.05, 0) is 94.8 Å². The van der Waals surface area contributed by atoms with Gasteiger partial charge in [-0.2, -0.15) is 0 Å². The van der Waals surface area contributed by atoms with Crippen LogP contribution >= 0.6 is 34.8 Å². The van der Waals surface area contributed by atoms with Gasteiger partial charge in [0.1, 0.15) is 0 Å². The molecule has 35 heavy (non-hydrogen) atoms. The van der Waals surface area contributed by atoms with E-state index in [-0.39, 0.29) is 9.92 Å². The molecule has 1 aliphatic carbocycles. The van der Waals surface area contributed by atoms with Crippen LogP contribution in [0.4, 0.5) is 5.69 Å². The van der Waals surface area contributed by atoms with Crippen LogP contribution in [-0.4, -0.2) is 8.42 Å². The van der Waals surface area contributed by atoms with Gasteiger partial charge >= 0.3 is 0 Å². The molecular formula is C28H20Cl3NO2S. The van der Waals surface area contributed by atoms with Crippen molar-refractivity contribution in [3.8, 4) is 0 Å². The lowest BCUT2D eigenvalue weighted by Gasteiger charge is -2.13. The summed E-state index contributed by atoms with van der Waals surface area (Å²) in [6.07, 6.45) is 3.91. The molecule has 0 unspecified atom stereocenters. The quantitative estimate of drug-likeness (QED) is 0.284. The lowest BCUT2D eigenvalue weighted by Crippen LogP contribution is -2.13. The standard InChI is InChI=1S/C28H20Cl3NO2S/c29-21-10-12-25-20(16-21)9-8-19-5-1-2-7-24(19)26(25)15-18-4-3-6-22(14-18)32-35(33,34)23-11-13-27(30)28(31)17-23/h1-7,10-17,32H,8-9H2. The van der Waals surface area contributed by atoms with E-state index in [0.717, 1.165) is 35.1 Å². The number of sulfonamides is 1. The second-order valence-electron chi connectivity index (χ2n) is 8.32. The second kappa shape index (κ2) is 9.71. The number of fused-ring (bicyclic) bond motifs is 2. The van der Waals surface area contributed by atoms with E-state index >= 15 is 0 Å². The van der Waals surface area contributed by atoms with Gasteiger partial charge in [0.05, 0.1) is 14.9 Å². The Kier molecular flexibility index (Phi) is 6.65. The van der Waals surface area contributed by atoms with Crippen molar-refractivity contribution in [2.75, 3.05) is 4.72 Å². The first-order valence-electron chi connectivity index (χ1n) is 11.0. The number of rotatable bonds is 4. The number of anilines is 1. The maximum Gasteiger partial charge on any atom is 0.261 e. The molecule has 7 heteroatoms. The lowest BCUT2D eigenvalue weighted by molar-refractivity contribution is 0.601. The highest BCUT2D eigenvalue weighted by molar-refractivity contribution is 7.92. The van der Waals surface area contributed by atoms with E-state index in [2.05, 4.69) is 35.1 Å². The molecular weight excluding hydrogens is 521 g/mol. The van der Waals surface area contributed by atoms with Crippen molar-refractivity contribution in [2.45, 2.75) is 17.7 Å². The molecule has 1 N–H and O–H groups in total. The van der Waals surface area contributed by atoms with Crippen molar-refractivity contribution < 1.29 is 8.42 Å². The van der Waals surface area contributed by atoms with Gasteiger partial charge < -0.3 is 0 Å². The third kappa shape index (κ3) is 5.12. The average molecular weight is 541 g/mol. The molecule has 1 aliphatic rings. The summed E-state index contributed by atoms with van der Waals surface area (Å²) in [7, 11) is -3.84. The Bertz CT molecular complexity index is 1580. The summed E-state index contributed by atoms with van der Waals surface area (Å²) < 4.78 is 28.5. The highest BCUT2D eigenvalue weighted by Crippen LogP contribution is 2.36. The first-order valence-corrected chi connectivity index (χ1v) is 13.6. The number of nitrogens with one attached hydrogen (secondary N) is 1. The zero-order chi connectivity index (χ0) is 24.6. The Morgan fingerprint density at radius 2 is 1.49 bits per heavy atom. The van der Waals surface area contributed by atoms with Crippen LogP contribution in [0.3, 0.4) is 0 Å². The van der Waals surface area contributed by atoms with Crippen LogP contribution in [0.5, 0.6) is 0 Å². The Labute approximate surface area is 220 Å². The molecule has 4 aromatic rings. The molecule has 0 saturated carbocycles. The fourth-order valence-corrected chi connectivity index (χ4v) is 5.95. The van der Waals surface area contributed by atoms with E-state index in [1.165, 1.54) is 29.3 Å². The van der Waals surface area contributed by atoms with Crippen molar-refractivity contribution in [1.29, 1.82) is 0 Å². The molecule has 4 aromatic carbocycles. The number of hydrogen-bond donors (Lipinski definition) is 1. The van der Waals surface area contributed by atoms with E-state index in [4.69, 9.17) is 34.8 Å². The molecule has 0 radical (unpaired) electrons. The van der Waals surface area contributed by atoms with Gasteiger partial charge in [0, 0.05) is 10.7 Å². The highest BCUT2D eigenvalue weighted by Gasteiger charge is 2.19. The number of benzene rings is 4. The summed E-state index contributed by atoms with van der Waals surface area (Å²) in [5.74, 6) is 0. The fourth-order valence-electron chi connectivity index (χ4n) is 4.32. The summed E-state index contributed by atoms with van der Waals surface area (Å²) >= 11 is 18.3. The minimum absolute atomic E-state index is 0.0409. The first-order chi connectivity index (χ1) is 16.8. The minimum Gasteiger partial charge on any atom is -0.280 e. The monoisotopic (exact) mass is 539 g/mol. The van der Waals surface area contributed by atoms with Crippen molar-refractivity contribution >= 4 is 62.2 Å². The van der Waals surface area contributed by atoms with Gasteiger partial charge in [-0.15, -0.1) is 0 Å². The molecule has 0 spiro atoms. The largest absolute Gasteiger partial charge is 0.280 e. The summed E-state index contributed by atoms with van der Waals surface area (Å²) in [5.41, 5.74) is 7.14. The van der Waals surface area contributed by atoms with Crippen LogP contribution in [-0.2, 0) is 22.9 Å². The van der Waals surface area contributed by atoms with Crippen LogP contribution in [0.1, 0.15) is 27.8 Å². The molecule has 0 atom stereocenters. The van der Waals surface area contributed by atoms with E-state index < -0.39 is 10.0 Å². The molecule has 0 amide bonds. The van der Waals surface area contributed by atoms with Gasteiger partial charge in [0.25, 0.3) is 10.0 Å². The van der Waals surface area contributed by atoms with Gasteiger partial charge in [0.2, 0.25) is 0 Å². The molecule has 0 saturated heterocycles. The predicted octanol–water partition coefficient (Wildman–Crippen LogP) is 8.14. The Balaban J connectivity index is 1.55. The van der Waals surface area contributed by atoms with Crippen molar-refractivity contribution in [3.63, 3.8) is 0 Å². The van der Waals surface area contributed by atoms with Gasteiger partial charge in [0.15, 0.2) is 0 Å². The first kappa shape index (κ1) is 24.0. The van der Waals surface area contributed by atoms with Crippen LogP contribution < -0.4 is 4.72 Å². The van der Waals surface area contributed by atoms with Crippen LogP contribution in [0.2, 0.25) is 15.1 Å². The van der Waals surface area contributed by atoms with Gasteiger partial charge in [-0.1, -0.05) is 77.3 Å². The molecule has 5 rings (SSSR count). The smallest absolute Gasteiger partial charge is 0.261 e. The third-order valence-corrected chi connectivity index (χ3v) is 8.33. The molecule has 176 valence electrons. The second-order valence-corrected chi connectivity index (χ2v) is 11.3. The van der Waals surface area contributed by atoms with Crippen LogP contribution in [0.15, 0.2) is 89.8 Å². The number of aryl methyl sites for hydroxylation is 2. The van der Waals surface area contributed by atoms with Crippen LogP contribution in [0, 0.1) is 0 Å². The summed E-state index contributed by atoms with van der Waals surface area (Å²) in [6.45, 7) is 0. The predicted molar refractivity (Wildman–Crippen MR) is 146 cm³/mol. The molecule has 0 aliphatic heterocycles. The van der Waals surface area contributed by atoms with Crippen LogP contribution in [0.25, 0.3) is 11.6 Å². The lowest BCUT2D eigenvalue weighted by atomic mass is 9.92. The highest BCUT2D eigenvalue weighted by atomic mass is 35.5. The maximum atomic E-state index is 12.9. The van der Waals surface area contributed by atoms with E-state index in [1.807, 2.05) is 36.4 Å². The Morgan fingerprint density at radius 1 is 0.714 bits per heavy atom. The molecule has 0 heterocycles. The zero-order valence-electron chi connectivity index (χ0n) is 18.4. The van der Waals surface area contributed by atoms with E-state index in [0.29, 0.717) is 15.7 Å². The van der Waals surface area contributed by atoms with Crippen molar-refractivity contribution in [1.82, 2.24) is 0 Å². The average Bonchev–Trinajstić information content (AvgIpc) is 2.98. The topological polar surface area (TPSA) is 46.2 Å². The third-order valence-electron chi connectivity index (χ3n) is 5.98. The molecule has 0 aromatic heterocycles. The maximum absolute atomic E-state index is 12.9. The molecule has 3 nitrogen and oxygen atoms in total. The Hall–Kier alpha value is -2.76. The molecule has 0 fully saturated rings.